The lowest BCUT2D eigenvalue weighted by Crippen LogP contribution is -2.45. The maximum atomic E-state index is 12.2. The molecule has 9 heteroatoms. The lowest BCUT2D eigenvalue weighted by Gasteiger charge is -2.34. The van der Waals surface area contributed by atoms with Gasteiger partial charge in [-0.2, -0.15) is 10.2 Å². The molecule has 4 aromatic rings. The van der Waals surface area contributed by atoms with E-state index in [-0.39, 0.29) is 12.0 Å². The summed E-state index contributed by atoms with van der Waals surface area (Å²) in [5, 5.41) is 19.2. The van der Waals surface area contributed by atoms with Crippen molar-refractivity contribution in [3.63, 3.8) is 0 Å². The number of hydrogen-bond acceptors (Lipinski definition) is 6. The van der Waals surface area contributed by atoms with Crippen LogP contribution in [-0.2, 0) is 30.7 Å². The lowest BCUT2D eigenvalue weighted by molar-refractivity contribution is -0.144. The monoisotopic (exact) mass is 617 g/mol. The summed E-state index contributed by atoms with van der Waals surface area (Å²) in [6, 6.07) is 21.3. The van der Waals surface area contributed by atoms with Crippen LogP contribution in [-0.4, -0.2) is 38.8 Å². The molecule has 6 rings (SSSR count). The number of nitrogens with zero attached hydrogens (tertiary/aromatic N) is 3. The fourth-order valence-electron chi connectivity index (χ4n) is 6.10. The first-order valence-corrected chi connectivity index (χ1v) is 15.4. The quantitative estimate of drug-likeness (QED) is 0.220. The summed E-state index contributed by atoms with van der Waals surface area (Å²) < 4.78 is 12.5. The molecule has 0 fully saturated rings. The van der Waals surface area contributed by atoms with Crippen LogP contribution in [0.25, 0.3) is 0 Å². The van der Waals surface area contributed by atoms with Gasteiger partial charge in [0.25, 0.3) is 0 Å². The largest absolute Gasteiger partial charge is 0.493 e. The molecule has 7 nitrogen and oxygen atoms in total. The molecule has 43 heavy (non-hydrogen) atoms. The molecule has 2 unspecified atom stereocenters. The average Bonchev–Trinajstić information content (AvgIpc) is 3.22. The number of fused-ring (bicyclic) bond motifs is 2. The van der Waals surface area contributed by atoms with E-state index >= 15 is 0 Å². The zero-order valence-electron chi connectivity index (χ0n) is 23.9. The van der Waals surface area contributed by atoms with Gasteiger partial charge in [-0.15, -0.1) is 0 Å². The Labute approximate surface area is 261 Å². The van der Waals surface area contributed by atoms with E-state index in [1.807, 2.05) is 41.3 Å². The second-order valence-corrected chi connectivity index (χ2v) is 12.0. The number of aromatic nitrogens is 2. The SMILES string of the molecule is CCC(Oc1ccc(C2CCOc3cc4c(cc3C2)CN(Cc2cccnn2)[C@H](C(=O)O)C4)cc1)c1ccc(Cl)c(Cl)c1. The zero-order chi connectivity index (χ0) is 29.9. The highest BCUT2D eigenvalue weighted by Gasteiger charge is 2.33. The van der Waals surface area contributed by atoms with Crippen LogP contribution < -0.4 is 9.47 Å². The Balaban J connectivity index is 1.18. The van der Waals surface area contributed by atoms with Crippen LogP contribution in [0.1, 0.15) is 65.3 Å². The van der Waals surface area contributed by atoms with Gasteiger partial charge in [0.2, 0.25) is 0 Å². The van der Waals surface area contributed by atoms with Crippen LogP contribution in [0.2, 0.25) is 10.0 Å². The Morgan fingerprint density at radius 1 is 1.05 bits per heavy atom. The van der Waals surface area contributed by atoms with Gasteiger partial charge in [0.15, 0.2) is 0 Å². The Hall–Kier alpha value is -3.65. The van der Waals surface area contributed by atoms with Crippen molar-refractivity contribution in [3.8, 4) is 11.5 Å². The third-order valence-electron chi connectivity index (χ3n) is 8.39. The molecule has 0 saturated carbocycles. The highest BCUT2D eigenvalue weighted by Crippen LogP contribution is 2.38. The van der Waals surface area contributed by atoms with Crippen molar-refractivity contribution in [2.75, 3.05) is 6.61 Å². The summed E-state index contributed by atoms with van der Waals surface area (Å²) >= 11 is 12.3. The molecule has 0 saturated heterocycles. The van der Waals surface area contributed by atoms with Crippen molar-refractivity contribution in [3.05, 3.63) is 116 Å². The summed E-state index contributed by atoms with van der Waals surface area (Å²) in [4.78, 5) is 14.1. The van der Waals surface area contributed by atoms with Crippen LogP contribution >= 0.6 is 23.2 Å². The second-order valence-electron chi connectivity index (χ2n) is 11.2. The molecule has 0 bridgehead atoms. The molecule has 2 aliphatic rings. The zero-order valence-corrected chi connectivity index (χ0v) is 25.4. The predicted octanol–water partition coefficient (Wildman–Crippen LogP) is 7.43. The number of carboxylic acid groups (broad SMARTS) is 1. The summed E-state index contributed by atoms with van der Waals surface area (Å²) in [7, 11) is 0. The van der Waals surface area contributed by atoms with Gasteiger partial charge in [-0.05, 0) is 102 Å². The minimum Gasteiger partial charge on any atom is -0.493 e. The van der Waals surface area contributed by atoms with Crippen LogP contribution in [0.4, 0.5) is 0 Å². The summed E-state index contributed by atoms with van der Waals surface area (Å²) in [5.41, 5.74) is 6.31. The molecule has 0 radical (unpaired) electrons. The lowest BCUT2D eigenvalue weighted by atomic mass is 9.86. The van der Waals surface area contributed by atoms with E-state index < -0.39 is 12.0 Å². The molecule has 3 heterocycles. The van der Waals surface area contributed by atoms with Crippen molar-refractivity contribution in [1.29, 1.82) is 0 Å². The maximum Gasteiger partial charge on any atom is 0.321 e. The van der Waals surface area contributed by atoms with E-state index in [4.69, 9.17) is 32.7 Å². The second kappa shape index (κ2) is 12.9. The minimum absolute atomic E-state index is 0.126. The molecule has 3 atom stereocenters. The molecule has 0 spiro atoms. The first-order chi connectivity index (χ1) is 20.9. The highest BCUT2D eigenvalue weighted by molar-refractivity contribution is 6.42. The van der Waals surface area contributed by atoms with Crippen molar-refractivity contribution in [2.45, 2.75) is 63.8 Å². The van der Waals surface area contributed by atoms with E-state index in [0.717, 1.165) is 58.7 Å². The molecule has 2 aliphatic heterocycles. The number of carboxylic acids is 1. The van der Waals surface area contributed by atoms with Gasteiger partial charge in [-0.3, -0.25) is 9.69 Å². The first kappa shape index (κ1) is 29.4. The topological polar surface area (TPSA) is 84.8 Å². The first-order valence-electron chi connectivity index (χ1n) is 14.6. The number of rotatable bonds is 8. The molecule has 0 aliphatic carbocycles. The van der Waals surface area contributed by atoms with Crippen LogP contribution in [0.15, 0.2) is 72.9 Å². The molecule has 0 amide bonds. The fraction of sp³-hybridized carbons (Fsp3) is 0.324. The molecular weight excluding hydrogens is 585 g/mol. The molecule has 222 valence electrons. The van der Waals surface area contributed by atoms with Gasteiger partial charge < -0.3 is 14.6 Å². The Kier molecular flexibility index (Phi) is 8.84. The van der Waals surface area contributed by atoms with Crippen LogP contribution in [0.5, 0.6) is 11.5 Å². The van der Waals surface area contributed by atoms with Crippen molar-refractivity contribution < 1.29 is 19.4 Å². The normalized spacial score (nSPS) is 19.0. The highest BCUT2D eigenvalue weighted by atomic mass is 35.5. The van der Waals surface area contributed by atoms with Crippen molar-refractivity contribution >= 4 is 29.2 Å². The van der Waals surface area contributed by atoms with E-state index in [1.165, 1.54) is 5.56 Å². The predicted molar refractivity (Wildman–Crippen MR) is 166 cm³/mol. The number of hydrogen-bond donors (Lipinski definition) is 1. The number of halogens is 2. The number of carbonyl (C=O) groups is 1. The van der Waals surface area contributed by atoms with E-state index in [2.05, 4.69) is 41.4 Å². The Morgan fingerprint density at radius 2 is 1.88 bits per heavy atom. The van der Waals surface area contributed by atoms with Crippen LogP contribution in [0, 0.1) is 0 Å². The number of aliphatic carboxylic acids is 1. The van der Waals surface area contributed by atoms with E-state index in [9.17, 15) is 9.90 Å². The molecule has 1 aromatic heterocycles. The van der Waals surface area contributed by atoms with Crippen LogP contribution in [0.3, 0.4) is 0 Å². The Morgan fingerprint density at radius 3 is 2.60 bits per heavy atom. The van der Waals surface area contributed by atoms with Gasteiger partial charge in [-0.25, -0.2) is 0 Å². The average molecular weight is 619 g/mol. The van der Waals surface area contributed by atoms with E-state index in [0.29, 0.717) is 36.2 Å². The summed E-state index contributed by atoms with van der Waals surface area (Å²) in [6.45, 7) is 3.65. The van der Waals surface area contributed by atoms with Crippen molar-refractivity contribution in [1.82, 2.24) is 15.1 Å². The van der Waals surface area contributed by atoms with Gasteiger partial charge in [0.1, 0.15) is 23.6 Å². The summed E-state index contributed by atoms with van der Waals surface area (Å²) in [5.74, 6) is 1.12. The Bertz CT molecular complexity index is 1600. The molecular formula is C34H33Cl2N3O4. The minimum atomic E-state index is -0.833. The van der Waals surface area contributed by atoms with Gasteiger partial charge >= 0.3 is 5.97 Å². The fourth-order valence-corrected chi connectivity index (χ4v) is 6.40. The standard InChI is InChI=1S/C34H33Cl2N3O4/c1-2-32(23-7-10-29(35)30(36)16-23)43-28-8-5-21(6-9-28)22-11-13-42-33-18-24-17-31(34(40)41)39(19-26(24)15-25(33)14-22)20-27-4-3-12-37-38-27/h3-10,12,15-16,18,22,31-32H,2,11,13-14,17,19-20H2,1H3,(H,40,41)/t22?,31-,32?/m0/s1. The van der Waals surface area contributed by atoms with Crippen molar-refractivity contribution in [2.24, 2.45) is 0 Å². The number of benzene rings is 3. The molecule has 3 aromatic carbocycles. The number of ether oxygens (including phenoxy) is 2. The van der Waals surface area contributed by atoms with E-state index in [1.54, 1.807) is 12.3 Å². The van der Waals surface area contributed by atoms with Gasteiger partial charge in [0.05, 0.1) is 22.3 Å². The third-order valence-corrected chi connectivity index (χ3v) is 9.13. The smallest absolute Gasteiger partial charge is 0.321 e. The van der Waals surface area contributed by atoms with Gasteiger partial charge in [-0.1, -0.05) is 54.4 Å². The molecule has 1 N–H and O–H groups in total. The summed E-state index contributed by atoms with van der Waals surface area (Å²) in [6.07, 6.45) is 4.44. The third kappa shape index (κ3) is 6.64. The maximum absolute atomic E-state index is 12.2. The van der Waals surface area contributed by atoms with Gasteiger partial charge in [0, 0.05) is 19.3 Å².